The minimum absolute atomic E-state index is 0. The summed E-state index contributed by atoms with van der Waals surface area (Å²) in [5.41, 5.74) is 0.250. The third kappa shape index (κ3) is 23.6. The average Bonchev–Trinajstić information content (AvgIpc) is 2.81. The van der Waals surface area contributed by atoms with Crippen LogP contribution >= 0.6 is 0 Å². The molecular formula is C15H22Zr-. The second kappa shape index (κ2) is 11.3. The van der Waals surface area contributed by atoms with Crippen LogP contribution in [-0.2, 0) is 26.2 Å². The maximum absolute atomic E-state index is 3.77. The van der Waals surface area contributed by atoms with Gasteiger partial charge in [-0.05, 0) is 0 Å². The van der Waals surface area contributed by atoms with Crippen LogP contribution in [0.3, 0.4) is 0 Å². The van der Waals surface area contributed by atoms with Crippen LogP contribution < -0.4 is 0 Å². The molecule has 0 aromatic carbocycles. The van der Waals surface area contributed by atoms with Crippen molar-refractivity contribution in [2.45, 2.75) is 33.6 Å². The van der Waals surface area contributed by atoms with Crippen molar-refractivity contribution >= 4 is 0 Å². The standard InChI is InChI=1S/2C5H5.C5H11.Zr.H/c2*1-2-4-5-3-1;1-5(2,3)4;;/h2*1-3H,4H2;1H2,2-4H3;;/q3*-1;+3;-1. The van der Waals surface area contributed by atoms with Crippen molar-refractivity contribution in [3.63, 3.8) is 0 Å². The Balaban J connectivity index is -0.000000163. The van der Waals surface area contributed by atoms with E-state index in [1.165, 1.54) is 0 Å². The Morgan fingerprint density at radius 1 is 1.00 bits per heavy atom. The normalized spacial score (nSPS) is 14.8. The fourth-order valence-electron chi connectivity index (χ4n) is 0.680. The van der Waals surface area contributed by atoms with Crippen LogP contribution in [0.1, 0.15) is 35.0 Å². The largest absolute Gasteiger partial charge is 3.00 e. The molecule has 0 unspecified atom stereocenters. The van der Waals surface area contributed by atoms with Crippen molar-refractivity contribution in [2.24, 2.45) is 5.41 Å². The minimum atomic E-state index is 0. The van der Waals surface area contributed by atoms with Crippen LogP contribution in [0.25, 0.3) is 0 Å². The number of allylic oxidation sites excluding steroid dienone is 8. The first kappa shape index (κ1) is 18.2. The zero-order chi connectivity index (χ0) is 11.6. The molecule has 0 nitrogen and oxygen atoms in total. The molecule has 0 amide bonds. The average molecular weight is 294 g/mol. The molecule has 0 aromatic rings. The quantitative estimate of drug-likeness (QED) is 0.573. The van der Waals surface area contributed by atoms with Gasteiger partial charge in [0.2, 0.25) is 0 Å². The van der Waals surface area contributed by atoms with Gasteiger partial charge in [-0.3, -0.25) is 12.2 Å². The molecule has 2 rings (SSSR count). The topological polar surface area (TPSA) is 0 Å². The second-order valence-corrected chi connectivity index (χ2v) is 4.57. The summed E-state index contributed by atoms with van der Waals surface area (Å²) in [5.74, 6) is 0. The third-order valence-electron chi connectivity index (χ3n) is 1.17. The summed E-state index contributed by atoms with van der Waals surface area (Å²) in [6, 6.07) is 0. The molecule has 0 saturated carbocycles. The molecule has 2 aliphatic carbocycles. The predicted octanol–water partition coefficient (Wildman–Crippen LogP) is 4.59. The van der Waals surface area contributed by atoms with E-state index < -0.39 is 0 Å². The van der Waals surface area contributed by atoms with Crippen LogP contribution in [0.5, 0.6) is 0 Å². The number of rotatable bonds is 0. The predicted molar refractivity (Wildman–Crippen MR) is 69.1 cm³/mol. The maximum atomic E-state index is 3.77. The Hall–Kier alpha value is -0.157. The van der Waals surface area contributed by atoms with Crippen molar-refractivity contribution < 1.29 is 27.6 Å². The fraction of sp³-hybridized carbons (Fsp3) is 0.400. The zero-order valence-electron chi connectivity index (χ0n) is 11.6. The first-order chi connectivity index (χ1) is 7.00. The Morgan fingerprint density at radius 3 is 1.38 bits per heavy atom. The molecule has 87 valence electrons. The van der Waals surface area contributed by atoms with E-state index in [9.17, 15) is 0 Å². The van der Waals surface area contributed by atoms with E-state index in [1.807, 2.05) is 24.3 Å². The van der Waals surface area contributed by atoms with Crippen LogP contribution in [0.4, 0.5) is 0 Å². The summed E-state index contributed by atoms with van der Waals surface area (Å²) in [6.07, 6.45) is 20.0. The van der Waals surface area contributed by atoms with Crippen molar-refractivity contribution in [2.75, 3.05) is 0 Å². The van der Waals surface area contributed by atoms with Gasteiger partial charge in [-0.15, -0.1) is 12.8 Å². The summed E-state index contributed by atoms with van der Waals surface area (Å²) >= 11 is 0. The van der Waals surface area contributed by atoms with E-state index in [1.54, 1.807) is 0 Å². The second-order valence-electron chi connectivity index (χ2n) is 4.57. The van der Waals surface area contributed by atoms with Gasteiger partial charge < -0.3 is 8.35 Å². The molecule has 1 heteroatoms. The van der Waals surface area contributed by atoms with Gasteiger partial charge >= 0.3 is 26.2 Å². The first-order valence-electron chi connectivity index (χ1n) is 5.29. The first-order valence-corrected chi connectivity index (χ1v) is 5.29. The molecule has 0 bridgehead atoms. The number of hydrogen-bond acceptors (Lipinski definition) is 0. The summed E-state index contributed by atoms with van der Waals surface area (Å²) in [7, 11) is 0. The molecule has 0 aromatic heterocycles. The SMILES string of the molecule is [C-]1=CC=CC1.[C-]1=CC=CC1.[CH2-]C(C)(C)C.[H-].[Zr+3]. The van der Waals surface area contributed by atoms with Crippen molar-refractivity contribution in [1.82, 2.24) is 0 Å². The van der Waals surface area contributed by atoms with Crippen molar-refractivity contribution in [1.29, 1.82) is 0 Å². The molecule has 0 saturated heterocycles. The Bertz CT molecular complexity index is 207. The van der Waals surface area contributed by atoms with Gasteiger partial charge in [0.05, 0.1) is 0 Å². The van der Waals surface area contributed by atoms with Gasteiger partial charge in [0.1, 0.15) is 0 Å². The molecule has 0 aliphatic heterocycles. The minimum Gasteiger partial charge on any atom is -1.00 e. The Labute approximate surface area is 122 Å². The van der Waals surface area contributed by atoms with Crippen LogP contribution in [0.2, 0.25) is 0 Å². The molecule has 16 heavy (non-hydrogen) atoms. The molecule has 0 atom stereocenters. The van der Waals surface area contributed by atoms with Gasteiger partial charge in [0.15, 0.2) is 0 Å². The molecule has 0 fully saturated rings. The zero-order valence-corrected chi connectivity index (χ0v) is 13.0. The van der Waals surface area contributed by atoms with Gasteiger partial charge in [-0.2, -0.15) is 17.6 Å². The van der Waals surface area contributed by atoms with E-state index in [2.05, 4.69) is 52.0 Å². The fourth-order valence-corrected chi connectivity index (χ4v) is 0.680. The molecule has 0 N–H and O–H groups in total. The third-order valence-corrected chi connectivity index (χ3v) is 1.17. The van der Waals surface area contributed by atoms with E-state index in [0.717, 1.165) is 12.8 Å². The monoisotopic (exact) mass is 292 g/mol. The van der Waals surface area contributed by atoms with Crippen molar-refractivity contribution in [3.05, 3.63) is 55.5 Å². The van der Waals surface area contributed by atoms with E-state index in [-0.39, 0.29) is 33.0 Å². The smallest absolute Gasteiger partial charge is 1.00 e. The van der Waals surface area contributed by atoms with Crippen LogP contribution in [0.15, 0.2) is 36.5 Å². The molecule has 1 radical (unpaired) electrons. The van der Waals surface area contributed by atoms with Gasteiger partial charge in [-0.1, -0.05) is 20.8 Å². The maximum Gasteiger partial charge on any atom is 3.00 e. The summed E-state index contributed by atoms with van der Waals surface area (Å²) in [6.45, 7) is 10.0. The van der Waals surface area contributed by atoms with E-state index >= 15 is 0 Å². The molecule has 2 aliphatic rings. The number of hydrogen-bond donors (Lipinski definition) is 0. The Kier molecular flexibility index (Phi) is 12.9. The van der Waals surface area contributed by atoms with E-state index in [4.69, 9.17) is 0 Å². The van der Waals surface area contributed by atoms with Crippen LogP contribution in [-0.4, -0.2) is 0 Å². The molecule has 0 heterocycles. The Morgan fingerprint density at radius 2 is 1.31 bits per heavy atom. The van der Waals surface area contributed by atoms with Gasteiger partial charge in [0, 0.05) is 0 Å². The van der Waals surface area contributed by atoms with Crippen LogP contribution in [0, 0.1) is 24.5 Å². The van der Waals surface area contributed by atoms with E-state index in [0.29, 0.717) is 0 Å². The summed E-state index contributed by atoms with van der Waals surface area (Å²) in [4.78, 5) is 0. The van der Waals surface area contributed by atoms with Gasteiger partial charge in [-0.25, -0.2) is 24.3 Å². The molecule has 0 spiro atoms. The van der Waals surface area contributed by atoms with Gasteiger partial charge in [0.25, 0.3) is 0 Å². The molecular weight excluding hydrogens is 271 g/mol. The summed E-state index contributed by atoms with van der Waals surface area (Å²) < 4.78 is 0. The summed E-state index contributed by atoms with van der Waals surface area (Å²) in [5, 5.41) is 0. The van der Waals surface area contributed by atoms with Crippen molar-refractivity contribution in [3.8, 4) is 0 Å².